The van der Waals surface area contributed by atoms with E-state index in [0.717, 1.165) is 6.54 Å². The Morgan fingerprint density at radius 1 is 1.31 bits per heavy atom. The Morgan fingerprint density at radius 2 is 2.06 bits per heavy atom. The van der Waals surface area contributed by atoms with Crippen LogP contribution in [0.4, 0.5) is 5.69 Å². The lowest BCUT2D eigenvalue weighted by Gasteiger charge is -2.32. The largest absolute Gasteiger partial charge is 0.385 e. The lowest BCUT2D eigenvalue weighted by atomic mass is 9.92. The summed E-state index contributed by atoms with van der Waals surface area (Å²) in [4.78, 5) is 2.32. The van der Waals surface area contributed by atoms with Gasteiger partial charge in [0.25, 0.3) is 0 Å². The van der Waals surface area contributed by atoms with Crippen LogP contribution >= 0.6 is 0 Å². The van der Waals surface area contributed by atoms with Gasteiger partial charge in [-0.15, -0.1) is 0 Å². The highest BCUT2D eigenvalue weighted by Gasteiger charge is 2.22. The van der Waals surface area contributed by atoms with E-state index in [0.29, 0.717) is 12.0 Å². The van der Waals surface area contributed by atoms with E-state index in [4.69, 9.17) is 0 Å². The molecule has 2 nitrogen and oxygen atoms in total. The maximum atomic E-state index is 3.49. The summed E-state index contributed by atoms with van der Waals surface area (Å²) in [7, 11) is 4.34. The summed E-state index contributed by atoms with van der Waals surface area (Å²) in [5.41, 5.74) is 4.21. The van der Waals surface area contributed by atoms with E-state index in [2.05, 4.69) is 56.4 Å². The van der Waals surface area contributed by atoms with Crippen LogP contribution in [0.15, 0.2) is 18.2 Å². The molecule has 2 rings (SSSR count). The van der Waals surface area contributed by atoms with Crippen molar-refractivity contribution in [2.75, 3.05) is 26.0 Å². The average molecular weight is 218 g/mol. The number of benzene rings is 1. The van der Waals surface area contributed by atoms with Gasteiger partial charge >= 0.3 is 0 Å². The standard InChI is InChI=1S/C14H22N2/c1-10(2)11-5-6-13-12(9-11)14(16(3)4)7-8-15-13/h5-6,9-10,14-15H,7-8H2,1-4H3. The van der Waals surface area contributed by atoms with E-state index in [1.807, 2.05) is 0 Å². The van der Waals surface area contributed by atoms with Gasteiger partial charge in [-0.2, -0.15) is 0 Å². The van der Waals surface area contributed by atoms with E-state index < -0.39 is 0 Å². The molecule has 0 radical (unpaired) electrons. The molecular formula is C14H22N2. The third-order valence-electron chi connectivity index (χ3n) is 3.46. The summed E-state index contributed by atoms with van der Waals surface area (Å²) in [5.74, 6) is 0.607. The number of hydrogen-bond acceptors (Lipinski definition) is 2. The minimum Gasteiger partial charge on any atom is -0.385 e. The van der Waals surface area contributed by atoms with Gasteiger partial charge in [0, 0.05) is 18.3 Å². The molecule has 88 valence electrons. The van der Waals surface area contributed by atoms with Crippen LogP contribution in [0.2, 0.25) is 0 Å². The molecule has 0 amide bonds. The predicted molar refractivity (Wildman–Crippen MR) is 70.1 cm³/mol. The highest BCUT2D eigenvalue weighted by molar-refractivity contribution is 5.56. The number of fused-ring (bicyclic) bond motifs is 1. The van der Waals surface area contributed by atoms with Gasteiger partial charge in [0.2, 0.25) is 0 Å². The minimum atomic E-state index is 0.565. The molecule has 0 aliphatic carbocycles. The zero-order valence-electron chi connectivity index (χ0n) is 10.7. The fraction of sp³-hybridized carbons (Fsp3) is 0.571. The SMILES string of the molecule is CC(C)c1ccc2c(c1)C(N(C)C)CCN2. The molecule has 0 saturated heterocycles. The van der Waals surface area contributed by atoms with Crippen molar-refractivity contribution in [2.24, 2.45) is 0 Å². The molecule has 2 heteroatoms. The van der Waals surface area contributed by atoms with Crippen molar-refractivity contribution >= 4 is 5.69 Å². The van der Waals surface area contributed by atoms with Gasteiger partial charge in [0.05, 0.1) is 0 Å². The molecule has 16 heavy (non-hydrogen) atoms. The molecule has 1 aliphatic rings. The van der Waals surface area contributed by atoms with Crippen LogP contribution < -0.4 is 5.32 Å². The monoisotopic (exact) mass is 218 g/mol. The van der Waals surface area contributed by atoms with Crippen molar-refractivity contribution in [3.05, 3.63) is 29.3 Å². The fourth-order valence-corrected chi connectivity index (χ4v) is 2.41. The van der Waals surface area contributed by atoms with Crippen molar-refractivity contribution in [1.29, 1.82) is 0 Å². The number of hydrogen-bond donors (Lipinski definition) is 1. The van der Waals surface area contributed by atoms with Crippen molar-refractivity contribution < 1.29 is 0 Å². The smallest absolute Gasteiger partial charge is 0.0388 e. The normalized spacial score (nSPS) is 19.8. The number of anilines is 1. The van der Waals surface area contributed by atoms with Crippen LogP contribution in [-0.2, 0) is 0 Å². The first-order chi connectivity index (χ1) is 7.59. The Labute approximate surface area is 98.7 Å². The summed E-state index contributed by atoms with van der Waals surface area (Å²) in [6.07, 6.45) is 1.20. The second-order valence-corrected chi connectivity index (χ2v) is 5.20. The topological polar surface area (TPSA) is 15.3 Å². The predicted octanol–water partition coefficient (Wildman–Crippen LogP) is 3.23. The first-order valence-corrected chi connectivity index (χ1v) is 6.13. The third kappa shape index (κ3) is 2.07. The highest BCUT2D eigenvalue weighted by Crippen LogP contribution is 2.34. The van der Waals surface area contributed by atoms with Gasteiger partial charge in [0.15, 0.2) is 0 Å². The van der Waals surface area contributed by atoms with Crippen molar-refractivity contribution in [3.8, 4) is 0 Å². The van der Waals surface area contributed by atoms with Crippen molar-refractivity contribution in [2.45, 2.75) is 32.2 Å². The molecule has 1 aliphatic heterocycles. The minimum absolute atomic E-state index is 0.565. The number of nitrogens with one attached hydrogen (secondary N) is 1. The van der Waals surface area contributed by atoms with Gasteiger partial charge < -0.3 is 10.2 Å². The first-order valence-electron chi connectivity index (χ1n) is 6.13. The Balaban J connectivity index is 2.40. The fourth-order valence-electron chi connectivity index (χ4n) is 2.41. The molecule has 0 bridgehead atoms. The highest BCUT2D eigenvalue weighted by atomic mass is 15.1. The molecule has 0 spiro atoms. The molecule has 0 aromatic heterocycles. The van der Waals surface area contributed by atoms with Crippen LogP contribution in [0.5, 0.6) is 0 Å². The summed E-state index contributed by atoms with van der Waals surface area (Å²) < 4.78 is 0. The molecule has 1 atom stereocenters. The molecule has 1 heterocycles. The summed E-state index contributed by atoms with van der Waals surface area (Å²) in [6.45, 7) is 5.59. The second kappa shape index (κ2) is 4.46. The molecule has 1 N–H and O–H groups in total. The van der Waals surface area contributed by atoms with E-state index in [1.165, 1.54) is 23.2 Å². The molecule has 1 unspecified atom stereocenters. The van der Waals surface area contributed by atoms with Crippen LogP contribution in [0.25, 0.3) is 0 Å². The summed E-state index contributed by atoms with van der Waals surface area (Å²) >= 11 is 0. The van der Waals surface area contributed by atoms with Crippen LogP contribution in [0.3, 0.4) is 0 Å². The quantitative estimate of drug-likeness (QED) is 0.820. The van der Waals surface area contributed by atoms with E-state index >= 15 is 0 Å². The summed E-state index contributed by atoms with van der Waals surface area (Å²) in [6, 6.07) is 7.42. The maximum Gasteiger partial charge on any atom is 0.0388 e. The first kappa shape index (κ1) is 11.5. The van der Waals surface area contributed by atoms with Crippen LogP contribution in [0.1, 0.15) is 43.4 Å². The van der Waals surface area contributed by atoms with Crippen LogP contribution in [0, 0.1) is 0 Å². The lowest BCUT2D eigenvalue weighted by molar-refractivity contribution is 0.284. The van der Waals surface area contributed by atoms with Crippen molar-refractivity contribution in [3.63, 3.8) is 0 Å². The third-order valence-corrected chi connectivity index (χ3v) is 3.46. The number of nitrogens with zero attached hydrogens (tertiary/aromatic N) is 1. The van der Waals surface area contributed by atoms with Crippen molar-refractivity contribution in [1.82, 2.24) is 4.90 Å². The molecule has 0 fully saturated rings. The Bertz CT molecular complexity index is 369. The zero-order chi connectivity index (χ0) is 11.7. The number of rotatable bonds is 2. The molecule has 0 saturated carbocycles. The van der Waals surface area contributed by atoms with E-state index in [1.54, 1.807) is 0 Å². The molecule has 1 aromatic rings. The molecular weight excluding hydrogens is 196 g/mol. The Kier molecular flexibility index (Phi) is 3.20. The van der Waals surface area contributed by atoms with Crippen LogP contribution in [-0.4, -0.2) is 25.5 Å². The summed E-state index contributed by atoms with van der Waals surface area (Å²) in [5, 5.41) is 3.49. The van der Waals surface area contributed by atoms with Gasteiger partial charge in [-0.05, 0) is 43.6 Å². The van der Waals surface area contributed by atoms with E-state index in [-0.39, 0.29) is 0 Å². The Morgan fingerprint density at radius 3 is 2.69 bits per heavy atom. The lowest BCUT2D eigenvalue weighted by Crippen LogP contribution is -2.27. The molecule has 1 aromatic carbocycles. The van der Waals surface area contributed by atoms with Gasteiger partial charge in [-0.25, -0.2) is 0 Å². The van der Waals surface area contributed by atoms with Gasteiger partial charge in [0.1, 0.15) is 0 Å². The Hall–Kier alpha value is -1.02. The van der Waals surface area contributed by atoms with Gasteiger partial charge in [-0.1, -0.05) is 26.0 Å². The van der Waals surface area contributed by atoms with Gasteiger partial charge in [-0.3, -0.25) is 0 Å². The van der Waals surface area contributed by atoms with E-state index in [9.17, 15) is 0 Å². The average Bonchev–Trinajstić information content (AvgIpc) is 2.27. The second-order valence-electron chi connectivity index (χ2n) is 5.20. The zero-order valence-corrected chi connectivity index (χ0v) is 10.7. The maximum absolute atomic E-state index is 3.49.